The smallest absolute Gasteiger partial charge is 0.241 e. The first kappa shape index (κ1) is 21.8. The van der Waals surface area contributed by atoms with Crippen molar-refractivity contribution in [2.24, 2.45) is 0 Å². The van der Waals surface area contributed by atoms with Gasteiger partial charge in [-0.2, -0.15) is 0 Å². The number of hydrogen-bond donors (Lipinski definition) is 2. The molecule has 2 aliphatic heterocycles. The number of aliphatic hydroxyl groups excluding tert-OH is 1. The molecule has 0 aromatic heterocycles. The van der Waals surface area contributed by atoms with Crippen LogP contribution in [-0.4, -0.2) is 62.4 Å². The van der Waals surface area contributed by atoms with Crippen LogP contribution in [-0.2, 0) is 21.2 Å². The van der Waals surface area contributed by atoms with Crippen molar-refractivity contribution in [3.63, 3.8) is 0 Å². The molecule has 166 valence electrons. The van der Waals surface area contributed by atoms with Crippen molar-refractivity contribution in [3.05, 3.63) is 65.7 Å². The molecule has 1 fully saturated rings. The maximum absolute atomic E-state index is 13.1. The standard InChI is InChI=1S/C23H29N3O4S/c27-20-11-14-25(15-12-20)22(19-7-2-1-3-8-19)23(28)24-13-17-31(29,30)26-16-10-18-6-4-5-9-21(18)26/h1-9,20,22,27H,10-17H2,(H,24,28). The molecule has 2 N–H and O–H groups in total. The molecule has 31 heavy (non-hydrogen) atoms. The summed E-state index contributed by atoms with van der Waals surface area (Å²) >= 11 is 0. The van der Waals surface area contributed by atoms with Gasteiger partial charge in [-0.1, -0.05) is 48.5 Å². The summed E-state index contributed by atoms with van der Waals surface area (Å²) in [6, 6.07) is 16.5. The number of likely N-dealkylation sites (tertiary alicyclic amines) is 1. The van der Waals surface area contributed by atoms with Gasteiger partial charge in [-0.05, 0) is 36.5 Å². The summed E-state index contributed by atoms with van der Waals surface area (Å²) in [5.74, 6) is -0.354. The second-order valence-corrected chi connectivity index (χ2v) is 10.2. The van der Waals surface area contributed by atoms with Crippen LogP contribution in [0.2, 0.25) is 0 Å². The number of anilines is 1. The molecule has 1 atom stereocenters. The van der Waals surface area contributed by atoms with E-state index in [-0.39, 0.29) is 24.3 Å². The minimum atomic E-state index is -3.52. The van der Waals surface area contributed by atoms with Crippen LogP contribution in [0.15, 0.2) is 54.6 Å². The molecule has 2 aromatic carbocycles. The molecule has 2 aromatic rings. The minimum absolute atomic E-state index is 0.0552. The van der Waals surface area contributed by atoms with Crippen molar-refractivity contribution in [1.82, 2.24) is 10.2 Å². The largest absolute Gasteiger partial charge is 0.393 e. The van der Waals surface area contributed by atoms with Gasteiger partial charge in [0.1, 0.15) is 6.04 Å². The van der Waals surface area contributed by atoms with Crippen molar-refractivity contribution in [3.8, 4) is 0 Å². The Kier molecular flexibility index (Phi) is 6.60. The molecule has 1 unspecified atom stereocenters. The Hall–Kier alpha value is -2.42. The zero-order valence-corrected chi connectivity index (χ0v) is 18.3. The van der Waals surface area contributed by atoms with Crippen LogP contribution >= 0.6 is 0 Å². The summed E-state index contributed by atoms with van der Waals surface area (Å²) in [5, 5.41) is 12.7. The number of benzene rings is 2. The second kappa shape index (κ2) is 9.38. The quantitative estimate of drug-likeness (QED) is 0.680. The Balaban J connectivity index is 1.41. The Morgan fingerprint density at radius 1 is 1.03 bits per heavy atom. The lowest BCUT2D eigenvalue weighted by Gasteiger charge is -2.35. The SMILES string of the molecule is O=C(NCCS(=O)(=O)N1CCc2ccccc21)C(c1ccccc1)N1CCC(O)CC1. The lowest BCUT2D eigenvalue weighted by molar-refractivity contribution is -0.127. The lowest BCUT2D eigenvalue weighted by atomic mass is 10.00. The number of carbonyl (C=O) groups excluding carboxylic acids is 1. The fourth-order valence-corrected chi connectivity index (χ4v) is 5.84. The highest BCUT2D eigenvalue weighted by atomic mass is 32.2. The highest BCUT2D eigenvalue weighted by Crippen LogP contribution is 2.30. The molecule has 0 aliphatic carbocycles. The van der Waals surface area contributed by atoms with Gasteiger partial charge in [0.2, 0.25) is 15.9 Å². The van der Waals surface area contributed by atoms with Crippen LogP contribution < -0.4 is 9.62 Å². The number of amides is 1. The van der Waals surface area contributed by atoms with Gasteiger partial charge in [0, 0.05) is 26.2 Å². The normalized spacial score (nSPS) is 18.5. The number of nitrogens with one attached hydrogen (secondary N) is 1. The number of rotatable bonds is 7. The van der Waals surface area contributed by atoms with Crippen LogP contribution in [0.4, 0.5) is 5.69 Å². The average molecular weight is 444 g/mol. The maximum atomic E-state index is 13.1. The van der Waals surface area contributed by atoms with Gasteiger partial charge in [0.05, 0.1) is 17.5 Å². The number of aliphatic hydroxyl groups is 1. The fourth-order valence-electron chi connectivity index (χ4n) is 4.41. The second-order valence-electron chi connectivity index (χ2n) is 8.14. The Morgan fingerprint density at radius 3 is 2.45 bits per heavy atom. The van der Waals surface area contributed by atoms with Crippen molar-refractivity contribution < 1.29 is 18.3 Å². The van der Waals surface area contributed by atoms with Crippen molar-refractivity contribution in [2.45, 2.75) is 31.4 Å². The van der Waals surface area contributed by atoms with Gasteiger partial charge < -0.3 is 10.4 Å². The molecule has 2 heterocycles. The van der Waals surface area contributed by atoms with Gasteiger partial charge in [-0.15, -0.1) is 0 Å². The molecular formula is C23H29N3O4S. The number of carbonyl (C=O) groups is 1. The van der Waals surface area contributed by atoms with E-state index in [4.69, 9.17) is 0 Å². The minimum Gasteiger partial charge on any atom is -0.393 e. The van der Waals surface area contributed by atoms with E-state index in [0.717, 1.165) is 16.8 Å². The predicted molar refractivity (Wildman–Crippen MR) is 120 cm³/mol. The van der Waals surface area contributed by atoms with Gasteiger partial charge in [0.25, 0.3) is 0 Å². The molecule has 7 nitrogen and oxygen atoms in total. The van der Waals surface area contributed by atoms with Crippen molar-refractivity contribution in [2.75, 3.05) is 36.2 Å². The third-order valence-electron chi connectivity index (χ3n) is 6.07. The number of nitrogens with zero attached hydrogens (tertiary/aromatic N) is 2. The molecule has 1 amide bonds. The topological polar surface area (TPSA) is 90.0 Å². The van der Waals surface area contributed by atoms with E-state index >= 15 is 0 Å². The third-order valence-corrected chi connectivity index (χ3v) is 7.84. The van der Waals surface area contributed by atoms with E-state index < -0.39 is 16.1 Å². The molecular weight excluding hydrogens is 414 g/mol. The van der Waals surface area contributed by atoms with Crippen molar-refractivity contribution >= 4 is 21.6 Å². The number of sulfonamides is 1. The highest BCUT2D eigenvalue weighted by Gasteiger charge is 2.32. The molecule has 2 aliphatic rings. The van der Waals surface area contributed by atoms with Crippen LogP contribution in [0.3, 0.4) is 0 Å². The van der Waals surface area contributed by atoms with Crippen LogP contribution in [0.25, 0.3) is 0 Å². The first-order chi connectivity index (χ1) is 15.0. The van der Waals surface area contributed by atoms with Gasteiger partial charge in [0.15, 0.2) is 0 Å². The van der Waals surface area contributed by atoms with E-state index in [9.17, 15) is 18.3 Å². The van der Waals surface area contributed by atoms with E-state index in [0.29, 0.717) is 38.9 Å². The van der Waals surface area contributed by atoms with Crippen molar-refractivity contribution in [1.29, 1.82) is 0 Å². The van der Waals surface area contributed by atoms with Gasteiger partial charge in [-0.25, -0.2) is 8.42 Å². The number of piperidine rings is 1. The van der Waals surface area contributed by atoms with Crippen LogP contribution in [0, 0.1) is 0 Å². The molecule has 0 saturated carbocycles. The zero-order chi connectivity index (χ0) is 21.8. The molecule has 4 rings (SSSR count). The fraction of sp³-hybridized carbons (Fsp3) is 0.435. The lowest BCUT2D eigenvalue weighted by Crippen LogP contribution is -2.46. The van der Waals surface area contributed by atoms with Gasteiger partial charge in [-0.3, -0.25) is 14.0 Å². The first-order valence-corrected chi connectivity index (χ1v) is 12.4. The van der Waals surface area contributed by atoms with E-state index in [1.54, 1.807) is 0 Å². The summed E-state index contributed by atoms with van der Waals surface area (Å²) < 4.78 is 27.2. The highest BCUT2D eigenvalue weighted by molar-refractivity contribution is 7.92. The average Bonchev–Trinajstić information content (AvgIpc) is 3.21. The van der Waals surface area contributed by atoms with E-state index in [2.05, 4.69) is 10.2 Å². The summed E-state index contributed by atoms with van der Waals surface area (Å²) in [7, 11) is -3.52. The summed E-state index contributed by atoms with van der Waals surface area (Å²) in [6.45, 7) is 1.74. The summed E-state index contributed by atoms with van der Waals surface area (Å²) in [4.78, 5) is 15.2. The zero-order valence-electron chi connectivity index (χ0n) is 17.5. The molecule has 8 heteroatoms. The molecule has 1 saturated heterocycles. The Morgan fingerprint density at radius 2 is 1.71 bits per heavy atom. The van der Waals surface area contributed by atoms with Gasteiger partial charge >= 0.3 is 0 Å². The summed E-state index contributed by atoms with van der Waals surface area (Å²) in [6.07, 6.45) is 1.63. The van der Waals surface area contributed by atoms with Crippen LogP contribution in [0.5, 0.6) is 0 Å². The van der Waals surface area contributed by atoms with Crippen LogP contribution in [0.1, 0.15) is 30.0 Å². The monoisotopic (exact) mass is 443 g/mol. The predicted octanol–water partition coefficient (Wildman–Crippen LogP) is 1.69. The molecule has 0 spiro atoms. The number of para-hydroxylation sites is 1. The third kappa shape index (κ3) is 4.92. The molecule has 0 bridgehead atoms. The maximum Gasteiger partial charge on any atom is 0.241 e. The summed E-state index contributed by atoms with van der Waals surface area (Å²) in [5.41, 5.74) is 2.64. The molecule has 0 radical (unpaired) electrons. The Bertz CT molecular complexity index is 1000. The van der Waals surface area contributed by atoms with E-state index in [1.807, 2.05) is 54.6 Å². The Labute approximate surface area is 183 Å². The number of hydrogen-bond acceptors (Lipinski definition) is 5. The first-order valence-electron chi connectivity index (χ1n) is 10.8. The number of fused-ring (bicyclic) bond motifs is 1. The van der Waals surface area contributed by atoms with E-state index in [1.165, 1.54) is 4.31 Å².